The van der Waals surface area contributed by atoms with Gasteiger partial charge in [-0.2, -0.15) is 0 Å². The van der Waals surface area contributed by atoms with Gasteiger partial charge in [-0.25, -0.2) is 14.6 Å². The van der Waals surface area contributed by atoms with Crippen LogP contribution in [-0.4, -0.2) is 33.7 Å². The van der Waals surface area contributed by atoms with Crippen molar-refractivity contribution in [1.29, 1.82) is 0 Å². The molecule has 0 fully saturated rings. The molecule has 0 aliphatic heterocycles. The molecule has 1 aromatic heterocycles. The molecule has 0 unspecified atom stereocenters. The summed E-state index contributed by atoms with van der Waals surface area (Å²) in [6.45, 7) is 5.40. The van der Waals surface area contributed by atoms with Gasteiger partial charge in [-0.05, 0) is 26.3 Å². The summed E-state index contributed by atoms with van der Waals surface area (Å²) in [6.07, 6.45) is 2.66. The van der Waals surface area contributed by atoms with Crippen molar-refractivity contribution in [2.45, 2.75) is 45.4 Å². The first-order valence-corrected chi connectivity index (χ1v) is 8.01. The van der Waals surface area contributed by atoms with Crippen molar-refractivity contribution in [2.75, 3.05) is 0 Å². The van der Waals surface area contributed by atoms with Gasteiger partial charge in [0.2, 0.25) is 0 Å². The summed E-state index contributed by atoms with van der Waals surface area (Å²) < 4.78 is 10.5. The van der Waals surface area contributed by atoms with Crippen LogP contribution in [0.5, 0.6) is 0 Å². The summed E-state index contributed by atoms with van der Waals surface area (Å²) in [7, 11) is 0. The van der Waals surface area contributed by atoms with Crippen LogP contribution in [0, 0.1) is 0 Å². The molecule has 1 amide bonds. The Kier molecular flexibility index (Phi) is 6.16. The number of ether oxygens (including phenoxy) is 2. The van der Waals surface area contributed by atoms with Crippen molar-refractivity contribution in [3.05, 3.63) is 54.1 Å². The third-order valence-corrected chi connectivity index (χ3v) is 3.18. The predicted octanol–water partition coefficient (Wildman–Crippen LogP) is 2.59. The van der Waals surface area contributed by atoms with Gasteiger partial charge in [0.1, 0.15) is 18.2 Å². The maximum Gasteiger partial charge on any atom is 0.408 e. The number of aromatic nitrogens is 2. The molecule has 0 saturated carbocycles. The number of esters is 1. The number of nitrogens with one attached hydrogen (secondary N) is 2. The molecule has 0 bridgehead atoms. The maximum absolute atomic E-state index is 12.4. The minimum Gasteiger partial charge on any atom is -0.459 e. The lowest BCUT2D eigenvalue weighted by molar-refractivity contribution is -0.147. The Hall–Kier alpha value is -2.83. The van der Waals surface area contributed by atoms with Gasteiger partial charge in [0.15, 0.2) is 0 Å². The van der Waals surface area contributed by atoms with E-state index in [0.29, 0.717) is 5.69 Å². The summed E-state index contributed by atoms with van der Waals surface area (Å²) in [4.78, 5) is 31.2. The van der Waals surface area contributed by atoms with Crippen molar-refractivity contribution in [3.63, 3.8) is 0 Å². The van der Waals surface area contributed by atoms with E-state index in [1.54, 1.807) is 27.0 Å². The smallest absolute Gasteiger partial charge is 0.408 e. The standard InChI is InChI=1S/C18H23N3O4/c1-18(2,3)25-17(23)21-15(9-14-10-19-12-20-14)16(22)24-11-13-7-5-4-6-8-13/h4-8,10,12,15H,9,11H2,1-3H3,(H,19,20)(H,21,23)/t15-/m1/s1. The highest BCUT2D eigenvalue weighted by molar-refractivity contribution is 5.81. The second kappa shape index (κ2) is 8.32. The highest BCUT2D eigenvalue weighted by atomic mass is 16.6. The van der Waals surface area contributed by atoms with E-state index in [1.165, 1.54) is 6.33 Å². The summed E-state index contributed by atoms with van der Waals surface area (Å²) >= 11 is 0. The van der Waals surface area contributed by atoms with Crippen molar-refractivity contribution in [2.24, 2.45) is 0 Å². The first kappa shape index (κ1) is 18.5. The van der Waals surface area contributed by atoms with E-state index in [4.69, 9.17) is 9.47 Å². The van der Waals surface area contributed by atoms with Crippen molar-refractivity contribution in [1.82, 2.24) is 15.3 Å². The Bertz CT molecular complexity index is 678. The number of nitrogens with zero attached hydrogens (tertiary/aromatic N) is 1. The summed E-state index contributed by atoms with van der Waals surface area (Å²) in [5.74, 6) is -0.538. The molecule has 2 N–H and O–H groups in total. The molecule has 1 aromatic carbocycles. The second-order valence-electron chi connectivity index (χ2n) is 6.57. The number of alkyl carbamates (subject to hydrolysis) is 1. The Labute approximate surface area is 146 Å². The third kappa shape index (κ3) is 6.66. The van der Waals surface area contributed by atoms with Crippen LogP contribution in [0.1, 0.15) is 32.0 Å². The molecule has 7 heteroatoms. The Balaban J connectivity index is 1.99. The average molecular weight is 345 g/mol. The molecular weight excluding hydrogens is 322 g/mol. The molecule has 25 heavy (non-hydrogen) atoms. The van der Waals surface area contributed by atoms with Gasteiger partial charge >= 0.3 is 12.1 Å². The molecule has 1 heterocycles. The van der Waals surface area contributed by atoms with Crippen LogP contribution in [0.4, 0.5) is 4.79 Å². The number of benzene rings is 1. The molecule has 134 valence electrons. The zero-order valence-corrected chi connectivity index (χ0v) is 14.6. The zero-order chi connectivity index (χ0) is 18.3. The quantitative estimate of drug-likeness (QED) is 0.785. The summed E-state index contributed by atoms with van der Waals surface area (Å²) in [5, 5.41) is 2.56. The van der Waals surface area contributed by atoms with Crippen LogP contribution in [0.3, 0.4) is 0 Å². The number of aromatic amines is 1. The maximum atomic E-state index is 12.4. The molecule has 0 spiro atoms. The third-order valence-electron chi connectivity index (χ3n) is 3.18. The lowest BCUT2D eigenvalue weighted by Crippen LogP contribution is -2.45. The largest absolute Gasteiger partial charge is 0.459 e. The van der Waals surface area contributed by atoms with Crippen LogP contribution in [-0.2, 0) is 27.3 Å². The molecule has 1 atom stereocenters. The first-order valence-electron chi connectivity index (χ1n) is 8.01. The van der Waals surface area contributed by atoms with Gasteiger partial charge in [-0.15, -0.1) is 0 Å². The Morgan fingerprint density at radius 1 is 1.24 bits per heavy atom. The fourth-order valence-electron chi connectivity index (χ4n) is 2.09. The topological polar surface area (TPSA) is 93.3 Å². The Morgan fingerprint density at radius 2 is 1.96 bits per heavy atom. The van der Waals surface area contributed by atoms with Crippen LogP contribution < -0.4 is 5.32 Å². The van der Waals surface area contributed by atoms with E-state index >= 15 is 0 Å². The van der Waals surface area contributed by atoms with Crippen LogP contribution in [0.25, 0.3) is 0 Å². The van der Waals surface area contributed by atoms with Crippen LogP contribution >= 0.6 is 0 Å². The molecule has 2 aromatic rings. The minimum atomic E-state index is -0.876. The highest BCUT2D eigenvalue weighted by Gasteiger charge is 2.26. The van der Waals surface area contributed by atoms with Gasteiger partial charge in [-0.1, -0.05) is 30.3 Å². The number of amides is 1. The van der Waals surface area contributed by atoms with E-state index in [1.807, 2.05) is 30.3 Å². The predicted molar refractivity (Wildman–Crippen MR) is 91.7 cm³/mol. The van der Waals surface area contributed by atoms with Crippen molar-refractivity contribution < 1.29 is 19.1 Å². The minimum absolute atomic E-state index is 0.134. The van der Waals surface area contributed by atoms with Gasteiger partial charge in [0, 0.05) is 18.3 Å². The molecular formula is C18H23N3O4. The average Bonchev–Trinajstić information content (AvgIpc) is 3.04. The van der Waals surface area contributed by atoms with E-state index in [9.17, 15) is 9.59 Å². The number of rotatable bonds is 6. The lowest BCUT2D eigenvalue weighted by atomic mass is 10.1. The van der Waals surface area contributed by atoms with Crippen molar-refractivity contribution in [3.8, 4) is 0 Å². The number of hydrogen-bond acceptors (Lipinski definition) is 5. The van der Waals surface area contributed by atoms with E-state index in [-0.39, 0.29) is 13.0 Å². The van der Waals surface area contributed by atoms with E-state index in [0.717, 1.165) is 5.56 Å². The number of imidazole rings is 1. The molecule has 0 aliphatic rings. The lowest BCUT2D eigenvalue weighted by Gasteiger charge is -2.22. The van der Waals surface area contributed by atoms with Gasteiger partial charge in [0.05, 0.1) is 6.33 Å². The van der Waals surface area contributed by atoms with Crippen LogP contribution in [0.2, 0.25) is 0 Å². The van der Waals surface area contributed by atoms with Gasteiger partial charge in [-0.3, -0.25) is 0 Å². The number of carbonyl (C=O) groups excluding carboxylic acids is 2. The number of H-pyrrole nitrogens is 1. The first-order chi connectivity index (χ1) is 11.8. The van der Waals surface area contributed by atoms with Gasteiger partial charge in [0.25, 0.3) is 0 Å². The number of carbonyl (C=O) groups is 2. The highest BCUT2D eigenvalue weighted by Crippen LogP contribution is 2.09. The Morgan fingerprint density at radius 3 is 2.56 bits per heavy atom. The molecule has 2 rings (SSSR count). The SMILES string of the molecule is CC(C)(C)OC(=O)N[C@H](Cc1cnc[nH]1)C(=O)OCc1ccccc1. The summed E-state index contributed by atoms with van der Waals surface area (Å²) in [5.41, 5.74) is 0.919. The van der Waals surface area contributed by atoms with E-state index in [2.05, 4.69) is 15.3 Å². The van der Waals surface area contributed by atoms with Gasteiger partial charge < -0.3 is 19.8 Å². The van der Waals surface area contributed by atoms with Crippen molar-refractivity contribution >= 4 is 12.1 Å². The fourth-order valence-corrected chi connectivity index (χ4v) is 2.09. The second-order valence-corrected chi connectivity index (χ2v) is 6.57. The summed E-state index contributed by atoms with van der Waals surface area (Å²) in [6, 6.07) is 8.46. The van der Waals surface area contributed by atoms with Crippen LogP contribution in [0.15, 0.2) is 42.9 Å². The monoisotopic (exact) mass is 345 g/mol. The number of hydrogen-bond donors (Lipinski definition) is 2. The zero-order valence-electron chi connectivity index (χ0n) is 14.6. The normalized spacial score (nSPS) is 12.3. The molecule has 7 nitrogen and oxygen atoms in total. The molecule has 0 saturated heterocycles. The molecule has 0 radical (unpaired) electrons. The van der Waals surface area contributed by atoms with E-state index < -0.39 is 23.7 Å². The molecule has 0 aliphatic carbocycles. The fraction of sp³-hybridized carbons (Fsp3) is 0.389.